The van der Waals surface area contributed by atoms with Crippen molar-refractivity contribution in [1.82, 2.24) is 0 Å². The summed E-state index contributed by atoms with van der Waals surface area (Å²) >= 11 is 4.85. The van der Waals surface area contributed by atoms with E-state index in [1.807, 2.05) is 13.8 Å². The summed E-state index contributed by atoms with van der Waals surface area (Å²) in [7, 11) is 0. The van der Waals surface area contributed by atoms with Crippen LogP contribution in [0.5, 0.6) is 0 Å². The van der Waals surface area contributed by atoms with E-state index in [1.165, 1.54) is 19.1 Å². The molecule has 24 heavy (non-hydrogen) atoms. The van der Waals surface area contributed by atoms with Crippen molar-refractivity contribution < 1.29 is 31.4 Å². The quantitative estimate of drug-likeness (QED) is 0.248. The first-order valence-corrected chi connectivity index (χ1v) is 7.84. The van der Waals surface area contributed by atoms with Gasteiger partial charge in [0.2, 0.25) is 0 Å². The van der Waals surface area contributed by atoms with Crippen LogP contribution >= 0.6 is 11.6 Å². The molecule has 0 aliphatic heterocycles. The van der Waals surface area contributed by atoms with Crippen molar-refractivity contribution in [1.29, 1.82) is 0 Å². The van der Waals surface area contributed by atoms with Crippen LogP contribution in [0.3, 0.4) is 0 Å². The van der Waals surface area contributed by atoms with Crippen molar-refractivity contribution in [3.05, 3.63) is 35.4 Å². The standard InChI is InChI=1S/C16H20ClF5O2/c1-4-11(3)12-6-8-13(9-7-12)14(15(17,18)19,16(20,21)22)24-10-23-5-2/h6-9,11H,4-5,10H2,1-3H3. The molecular formula is C16H20ClF5O2. The van der Waals surface area contributed by atoms with Gasteiger partial charge in [0.25, 0.3) is 5.60 Å². The highest BCUT2D eigenvalue weighted by molar-refractivity contribution is 6.22. The summed E-state index contributed by atoms with van der Waals surface area (Å²) in [6.07, 6.45) is -4.69. The van der Waals surface area contributed by atoms with Crippen molar-refractivity contribution in [3.8, 4) is 0 Å². The summed E-state index contributed by atoms with van der Waals surface area (Å²) < 4.78 is 77.5. The highest BCUT2D eigenvalue weighted by Crippen LogP contribution is 2.54. The topological polar surface area (TPSA) is 18.5 Å². The molecule has 0 amide bonds. The summed E-state index contributed by atoms with van der Waals surface area (Å²) in [4.78, 5) is 0. The molecule has 0 N–H and O–H groups in total. The number of alkyl halides is 6. The van der Waals surface area contributed by atoms with Crippen LogP contribution in [0.15, 0.2) is 24.3 Å². The first kappa shape index (κ1) is 21.1. The van der Waals surface area contributed by atoms with E-state index in [-0.39, 0.29) is 12.5 Å². The minimum Gasteiger partial charge on any atom is -0.356 e. The summed E-state index contributed by atoms with van der Waals surface area (Å²) in [6, 6.07) is 4.68. The Bertz CT molecular complexity index is 497. The summed E-state index contributed by atoms with van der Waals surface area (Å²) in [5.41, 5.74) is -4.04. The second-order valence-electron chi connectivity index (χ2n) is 5.36. The van der Waals surface area contributed by atoms with Gasteiger partial charge in [-0.2, -0.15) is 22.0 Å². The van der Waals surface area contributed by atoms with Gasteiger partial charge >= 0.3 is 11.6 Å². The largest absolute Gasteiger partial charge is 0.429 e. The molecule has 0 saturated carbocycles. The normalized spacial score (nSPS) is 16.7. The Morgan fingerprint density at radius 1 is 1.04 bits per heavy atom. The lowest BCUT2D eigenvalue weighted by atomic mass is 9.89. The van der Waals surface area contributed by atoms with E-state index in [0.29, 0.717) is 0 Å². The number of hydrogen-bond donors (Lipinski definition) is 0. The van der Waals surface area contributed by atoms with Crippen molar-refractivity contribution >= 4 is 11.6 Å². The van der Waals surface area contributed by atoms with E-state index in [9.17, 15) is 22.0 Å². The number of rotatable bonds is 8. The van der Waals surface area contributed by atoms with Gasteiger partial charge in [0.1, 0.15) is 6.79 Å². The zero-order valence-corrected chi connectivity index (χ0v) is 14.3. The lowest BCUT2D eigenvalue weighted by molar-refractivity contribution is -0.350. The van der Waals surface area contributed by atoms with Gasteiger partial charge in [-0.15, -0.1) is 0 Å². The number of ether oxygens (including phenoxy) is 2. The van der Waals surface area contributed by atoms with Crippen LogP contribution in [-0.2, 0) is 15.1 Å². The first-order chi connectivity index (χ1) is 11.0. The molecule has 2 atom stereocenters. The number of benzene rings is 1. The zero-order valence-electron chi connectivity index (χ0n) is 13.6. The molecule has 0 aliphatic rings. The van der Waals surface area contributed by atoms with Gasteiger partial charge in [0.05, 0.1) is 0 Å². The maximum Gasteiger partial charge on any atom is 0.429 e. The predicted molar refractivity (Wildman–Crippen MR) is 81.3 cm³/mol. The average molecular weight is 375 g/mol. The minimum absolute atomic E-state index is 0.00868. The molecule has 1 aromatic carbocycles. The van der Waals surface area contributed by atoms with Gasteiger partial charge in [0.15, 0.2) is 0 Å². The number of hydrogen-bond acceptors (Lipinski definition) is 2. The van der Waals surface area contributed by atoms with E-state index >= 15 is 0 Å². The van der Waals surface area contributed by atoms with Crippen LogP contribution in [0, 0.1) is 0 Å². The van der Waals surface area contributed by atoms with Crippen LogP contribution in [0.2, 0.25) is 0 Å². The Balaban J connectivity index is 3.40. The zero-order chi connectivity index (χ0) is 18.6. The van der Waals surface area contributed by atoms with Gasteiger partial charge in [-0.25, -0.2) is 0 Å². The lowest BCUT2D eigenvalue weighted by Crippen LogP contribution is -2.55. The molecule has 0 aromatic heterocycles. The van der Waals surface area contributed by atoms with E-state index in [2.05, 4.69) is 9.47 Å². The van der Waals surface area contributed by atoms with Gasteiger partial charge in [-0.05, 0) is 36.4 Å². The molecule has 0 radical (unpaired) electrons. The number of halogens is 6. The monoisotopic (exact) mass is 374 g/mol. The van der Waals surface area contributed by atoms with Crippen LogP contribution in [-0.4, -0.2) is 25.0 Å². The van der Waals surface area contributed by atoms with Crippen LogP contribution in [0.25, 0.3) is 0 Å². The molecule has 0 aliphatic carbocycles. The maximum atomic E-state index is 13.8. The highest BCUT2D eigenvalue weighted by Gasteiger charge is 2.71. The molecule has 2 nitrogen and oxygen atoms in total. The molecule has 8 heteroatoms. The molecule has 0 heterocycles. The van der Waals surface area contributed by atoms with E-state index in [1.54, 1.807) is 0 Å². The van der Waals surface area contributed by atoms with Gasteiger partial charge in [-0.3, -0.25) is 0 Å². The molecular weight excluding hydrogens is 355 g/mol. The predicted octanol–water partition coefficient (Wildman–Crippen LogP) is 5.80. The molecule has 138 valence electrons. The Labute approximate surface area is 142 Å². The van der Waals surface area contributed by atoms with E-state index in [4.69, 9.17) is 11.6 Å². The van der Waals surface area contributed by atoms with Crippen molar-refractivity contribution in [2.75, 3.05) is 13.4 Å². The lowest BCUT2D eigenvalue weighted by Gasteiger charge is -2.38. The Hall–Kier alpha value is -0.920. The smallest absolute Gasteiger partial charge is 0.356 e. The third-order valence-corrected chi connectivity index (χ3v) is 4.13. The van der Waals surface area contributed by atoms with Crippen LogP contribution in [0.1, 0.15) is 44.2 Å². The Kier molecular flexibility index (Phi) is 7.02. The molecule has 0 spiro atoms. The van der Waals surface area contributed by atoms with Gasteiger partial charge < -0.3 is 9.47 Å². The van der Waals surface area contributed by atoms with Crippen molar-refractivity contribution in [3.63, 3.8) is 0 Å². The van der Waals surface area contributed by atoms with E-state index in [0.717, 1.165) is 24.1 Å². The molecule has 1 rings (SSSR count). The van der Waals surface area contributed by atoms with Crippen molar-refractivity contribution in [2.45, 2.75) is 50.3 Å². The SMILES string of the molecule is CCOCOC(c1ccc(C(C)CC)cc1)(C(F)(F)F)C(F)(F)Cl. The fraction of sp³-hybridized carbons (Fsp3) is 0.625. The third-order valence-electron chi connectivity index (χ3n) is 3.86. The molecule has 1 aromatic rings. The van der Waals surface area contributed by atoms with Gasteiger partial charge in [-0.1, -0.05) is 38.1 Å². The van der Waals surface area contributed by atoms with Crippen LogP contribution < -0.4 is 0 Å². The fourth-order valence-electron chi connectivity index (χ4n) is 2.23. The third kappa shape index (κ3) is 4.18. The molecule has 0 saturated heterocycles. The van der Waals surface area contributed by atoms with Crippen LogP contribution in [0.4, 0.5) is 22.0 Å². The van der Waals surface area contributed by atoms with Gasteiger partial charge in [0, 0.05) is 12.2 Å². The molecule has 2 unspecified atom stereocenters. The average Bonchev–Trinajstić information content (AvgIpc) is 2.48. The Morgan fingerprint density at radius 3 is 1.96 bits per heavy atom. The first-order valence-electron chi connectivity index (χ1n) is 7.46. The second-order valence-corrected chi connectivity index (χ2v) is 5.84. The fourth-order valence-corrected chi connectivity index (χ4v) is 2.50. The second kappa shape index (κ2) is 7.97. The Morgan fingerprint density at radius 2 is 1.58 bits per heavy atom. The minimum atomic E-state index is -5.45. The maximum absolute atomic E-state index is 13.8. The summed E-state index contributed by atoms with van der Waals surface area (Å²) in [5.74, 6) is 0.0835. The summed E-state index contributed by atoms with van der Waals surface area (Å²) in [5, 5.41) is -4.72. The van der Waals surface area contributed by atoms with E-state index < -0.39 is 29.5 Å². The summed E-state index contributed by atoms with van der Waals surface area (Å²) in [6.45, 7) is 4.34. The molecule has 0 fully saturated rings. The highest BCUT2D eigenvalue weighted by atomic mass is 35.5. The molecule has 0 bridgehead atoms. The van der Waals surface area contributed by atoms with Crippen molar-refractivity contribution in [2.24, 2.45) is 0 Å².